The summed E-state index contributed by atoms with van der Waals surface area (Å²) in [6.07, 6.45) is 0.580. The zero-order chi connectivity index (χ0) is 13.2. The molecule has 5 heteroatoms. The van der Waals surface area contributed by atoms with Crippen molar-refractivity contribution in [1.29, 1.82) is 0 Å². The zero-order valence-electron chi connectivity index (χ0n) is 10.3. The number of β-amino-alcohol motifs (C(OH)–C–C–N with tert-alkyl or cyclic N) is 1. The van der Waals surface area contributed by atoms with Gasteiger partial charge in [-0.05, 0) is 30.2 Å². The normalized spacial score (nSPS) is 24.7. The minimum absolute atomic E-state index is 0.314. The first-order chi connectivity index (χ1) is 8.53. The summed E-state index contributed by atoms with van der Waals surface area (Å²) in [7, 11) is 1.65. The van der Waals surface area contributed by atoms with Crippen LogP contribution in [-0.4, -0.2) is 43.4 Å². The van der Waals surface area contributed by atoms with E-state index in [9.17, 15) is 9.50 Å². The predicted octanol–water partition coefficient (Wildman–Crippen LogP) is 2.02. The van der Waals surface area contributed by atoms with Gasteiger partial charge >= 0.3 is 0 Å². The predicted molar refractivity (Wildman–Crippen MR) is 68.2 cm³/mol. The lowest BCUT2D eigenvalue weighted by molar-refractivity contribution is 0.0425. The molecule has 100 valence electrons. The fourth-order valence-corrected chi connectivity index (χ4v) is 2.56. The smallest absolute Gasteiger partial charge is 0.125 e. The summed E-state index contributed by atoms with van der Waals surface area (Å²) in [5.41, 5.74) is -0.466. The highest BCUT2D eigenvalue weighted by Gasteiger charge is 2.37. The van der Waals surface area contributed by atoms with Gasteiger partial charge in [0.1, 0.15) is 11.4 Å². The Morgan fingerprint density at radius 3 is 2.94 bits per heavy atom. The third-order valence-corrected chi connectivity index (χ3v) is 3.56. The Labute approximate surface area is 111 Å². The first-order valence-corrected chi connectivity index (χ1v) is 6.31. The molecule has 0 bridgehead atoms. The van der Waals surface area contributed by atoms with Crippen molar-refractivity contribution in [3.05, 3.63) is 34.6 Å². The van der Waals surface area contributed by atoms with Crippen molar-refractivity contribution in [2.24, 2.45) is 0 Å². The molecular weight excluding hydrogens is 257 g/mol. The van der Waals surface area contributed by atoms with Gasteiger partial charge in [0.25, 0.3) is 0 Å². The van der Waals surface area contributed by atoms with Crippen molar-refractivity contribution < 1.29 is 14.2 Å². The topological polar surface area (TPSA) is 32.7 Å². The van der Waals surface area contributed by atoms with Gasteiger partial charge in [0.15, 0.2) is 0 Å². The lowest BCUT2D eigenvalue weighted by Crippen LogP contribution is -2.32. The molecule has 1 saturated heterocycles. The number of benzene rings is 1. The van der Waals surface area contributed by atoms with Crippen molar-refractivity contribution in [3.8, 4) is 0 Å². The first-order valence-electron chi connectivity index (χ1n) is 5.94. The molecule has 1 aromatic carbocycles. The Morgan fingerprint density at radius 2 is 2.28 bits per heavy atom. The summed E-state index contributed by atoms with van der Waals surface area (Å²) in [6.45, 7) is 2.64. The molecule has 1 aromatic rings. The Bertz CT molecular complexity index is 409. The van der Waals surface area contributed by atoms with Crippen LogP contribution in [0.2, 0.25) is 5.02 Å². The van der Waals surface area contributed by atoms with Crippen LogP contribution in [0.3, 0.4) is 0 Å². The average molecular weight is 274 g/mol. The molecule has 0 aliphatic carbocycles. The number of methoxy groups -OCH3 is 1. The van der Waals surface area contributed by atoms with Crippen LogP contribution in [0, 0.1) is 5.82 Å². The van der Waals surface area contributed by atoms with Crippen LogP contribution in [0.25, 0.3) is 0 Å². The number of hydrogen-bond acceptors (Lipinski definition) is 3. The van der Waals surface area contributed by atoms with E-state index >= 15 is 0 Å². The molecule has 1 fully saturated rings. The van der Waals surface area contributed by atoms with E-state index in [4.69, 9.17) is 16.3 Å². The number of halogens is 2. The molecular formula is C13H17ClFNO2. The second-order valence-corrected chi connectivity index (χ2v) is 5.15. The Kier molecular flexibility index (Phi) is 4.22. The zero-order valence-corrected chi connectivity index (χ0v) is 11.1. The van der Waals surface area contributed by atoms with Gasteiger partial charge in [0.05, 0.1) is 6.61 Å². The summed E-state index contributed by atoms with van der Waals surface area (Å²) in [5, 5.41) is 10.9. The maximum atomic E-state index is 13.3. The number of ether oxygens (including phenoxy) is 1. The van der Waals surface area contributed by atoms with Crippen molar-refractivity contribution in [1.82, 2.24) is 4.90 Å². The van der Waals surface area contributed by atoms with Gasteiger partial charge in [-0.3, -0.25) is 4.90 Å². The van der Waals surface area contributed by atoms with Crippen LogP contribution in [-0.2, 0) is 10.3 Å². The molecule has 18 heavy (non-hydrogen) atoms. The highest BCUT2D eigenvalue weighted by Crippen LogP contribution is 2.33. The molecule has 1 aliphatic rings. The molecule has 1 heterocycles. The molecule has 1 aliphatic heterocycles. The van der Waals surface area contributed by atoms with E-state index in [2.05, 4.69) is 4.90 Å². The van der Waals surface area contributed by atoms with Crippen molar-refractivity contribution in [2.75, 3.05) is 33.4 Å². The molecule has 0 radical (unpaired) electrons. The quantitative estimate of drug-likeness (QED) is 0.911. The average Bonchev–Trinajstić information content (AvgIpc) is 2.69. The van der Waals surface area contributed by atoms with Crippen LogP contribution in [0.1, 0.15) is 12.0 Å². The molecule has 0 saturated carbocycles. The van der Waals surface area contributed by atoms with E-state index in [1.165, 1.54) is 12.1 Å². The fourth-order valence-electron chi connectivity index (χ4n) is 2.34. The number of hydrogen-bond donors (Lipinski definition) is 1. The SMILES string of the molecule is COCCN1CCC(O)(c2cc(F)cc(Cl)c2)C1. The van der Waals surface area contributed by atoms with E-state index in [0.29, 0.717) is 30.2 Å². The molecule has 1 N–H and O–H groups in total. The minimum Gasteiger partial charge on any atom is -0.384 e. The van der Waals surface area contributed by atoms with Gasteiger partial charge in [-0.2, -0.15) is 0 Å². The van der Waals surface area contributed by atoms with Gasteiger partial charge < -0.3 is 9.84 Å². The first kappa shape index (κ1) is 13.7. The Hall–Kier alpha value is -0.680. The third kappa shape index (κ3) is 3.01. The van der Waals surface area contributed by atoms with Crippen LogP contribution in [0.5, 0.6) is 0 Å². The molecule has 0 amide bonds. The number of likely N-dealkylation sites (tertiary alicyclic amines) is 1. The maximum Gasteiger partial charge on any atom is 0.125 e. The van der Waals surface area contributed by atoms with Crippen molar-refractivity contribution >= 4 is 11.6 Å². The summed E-state index contributed by atoms with van der Waals surface area (Å²) in [6, 6.07) is 4.22. The largest absolute Gasteiger partial charge is 0.384 e. The van der Waals surface area contributed by atoms with Crippen LogP contribution >= 0.6 is 11.6 Å². The number of nitrogens with zero attached hydrogens (tertiary/aromatic N) is 1. The Morgan fingerprint density at radius 1 is 1.50 bits per heavy atom. The second kappa shape index (κ2) is 5.53. The van der Waals surface area contributed by atoms with E-state index in [1.54, 1.807) is 13.2 Å². The van der Waals surface area contributed by atoms with Gasteiger partial charge in [0, 0.05) is 31.8 Å². The van der Waals surface area contributed by atoms with Crippen LogP contribution in [0.15, 0.2) is 18.2 Å². The maximum absolute atomic E-state index is 13.3. The number of rotatable bonds is 4. The standard InChI is InChI=1S/C13H17ClFNO2/c1-18-5-4-16-3-2-13(17,9-16)10-6-11(14)8-12(15)7-10/h6-8,17H,2-5,9H2,1H3. The second-order valence-electron chi connectivity index (χ2n) is 4.71. The molecule has 1 atom stereocenters. The highest BCUT2D eigenvalue weighted by atomic mass is 35.5. The monoisotopic (exact) mass is 273 g/mol. The molecule has 0 aromatic heterocycles. The lowest BCUT2D eigenvalue weighted by atomic mass is 9.93. The third-order valence-electron chi connectivity index (χ3n) is 3.34. The summed E-state index contributed by atoms with van der Waals surface area (Å²) < 4.78 is 18.3. The minimum atomic E-state index is -1.01. The summed E-state index contributed by atoms with van der Waals surface area (Å²) in [4.78, 5) is 2.10. The van der Waals surface area contributed by atoms with Gasteiger partial charge in [-0.1, -0.05) is 11.6 Å². The fraction of sp³-hybridized carbons (Fsp3) is 0.538. The highest BCUT2D eigenvalue weighted by molar-refractivity contribution is 6.30. The van der Waals surface area contributed by atoms with Gasteiger partial charge in [0.2, 0.25) is 0 Å². The summed E-state index contributed by atoms with van der Waals surface area (Å²) >= 11 is 5.83. The van der Waals surface area contributed by atoms with E-state index in [0.717, 1.165) is 13.1 Å². The molecule has 1 unspecified atom stereocenters. The Balaban J connectivity index is 2.12. The molecule has 0 spiro atoms. The molecule has 3 nitrogen and oxygen atoms in total. The van der Waals surface area contributed by atoms with Gasteiger partial charge in [-0.25, -0.2) is 4.39 Å². The van der Waals surface area contributed by atoms with Crippen LogP contribution in [0.4, 0.5) is 4.39 Å². The van der Waals surface area contributed by atoms with Crippen LogP contribution < -0.4 is 0 Å². The summed E-state index contributed by atoms with van der Waals surface area (Å²) in [5.74, 6) is -0.415. The van der Waals surface area contributed by atoms with Crippen molar-refractivity contribution in [2.45, 2.75) is 12.0 Å². The van der Waals surface area contributed by atoms with E-state index in [1.807, 2.05) is 0 Å². The van der Waals surface area contributed by atoms with Crippen molar-refractivity contribution in [3.63, 3.8) is 0 Å². The van der Waals surface area contributed by atoms with E-state index in [-0.39, 0.29) is 0 Å². The molecule has 2 rings (SSSR count). The number of aliphatic hydroxyl groups is 1. The van der Waals surface area contributed by atoms with Gasteiger partial charge in [-0.15, -0.1) is 0 Å². The lowest BCUT2D eigenvalue weighted by Gasteiger charge is -2.24. The van der Waals surface area contributed by atoms with E-state index < -0.39 is 11.4 Å².